The smallest absolute Gasteiger partial charge is 0.164 e. The van der Waals surface area contributed by atoms with Crippen molar-refractivity contribution in [3.8, 4) is 51.0 Å². The molecule has 0 unspecified atom stereocenters. The monoisotopic (exact) mass is 730 g/mol. The lowest BCUT2D eigenvalue weighted by molar-refractivity contribution is 0.669. The van der Waals surface area contributed by atoms with E-state index in [1.807, 2.05) is 78.9 Å². The van der Waals surface area contributed by atoms with Crippen molar-refractivity contribution in [2.24, 2.45) is 0 Å². The fraction of sp³-hybridized carbons (Fsp3) is 0. The Kier molecular flexibility index (Phi) is 6.83. The van der Waals surface area contributed by atoms with Crippen LogP contribution in [0.1, 0.15) is 0 Å². The SMILES string of the molecule is c1ccc(-c2nc(-c3ccccc3)nc(-c3ccc4c(c3)oc3c(-c5ccccc5)cc(-n5c6ccccc6c6cc7oc8ccccc8c7cc65)cc34)n2)cc1. The van der Waals surface area contributed by atoms with Gasteiger partial charge in [-0.25, -0.2) is 15.0 Å². The third-order valence-electron chi connectivity index (χ3n) is 11.0. The molecule has 266 valence electrons. The molecule has 6 heteroatoms. The van der Waals surface area contributed by atoms with E-state index < -0.39 is 0 Å². The molecule has 0 amide bonds. The quantitative estimate of drug-likeness (QED) is 0.176. The van der Waals surface area contributed by atoms with E-state index in [9.17, 15) is 0 Å². The van der Waals surface area contributed by atoms with Crippen LogP contribution in [0, 0.1) is 0 Å². The van der Waals surface area contributed by atoms with Gasteiger partial charge in [-0.2, -0.15) is 0 Å². The zero-order valence-electron chi connectivity index (χ0n) is 30.4. The number of hydrogen-bond acceptors (Lipinski definition) is 5. The highest BCUT2D eigenvalue weighted by atomic mass is 16.3. The van der Waals surface area contributed by atoms with Gasteiger partial charge < -0.3 is 13.4 Å². The highest BCUT2D eigenvalue weighted by molar-refractivity contribution is 6.18. The van der Waals surface area contributed by atoms with Gasteiger partial charge in [-0.3, -0.25) is 0 Å². The van der Waals surface area contributed by atoms with Gasteiger partial charge in [0.15, 0.2) is 17.5 Å². The van der Waals surface area contributed by atoms with Crippen molar-refractivity contribution in [2.75, 3.05) is 0 Å². The lowest BCUT2D eigenvalue weighted by Crippen LogP contribution is -2.00. The summed E-state index contributed by atoms with van der Waals surface area (Å²) in [5.74, 6) is 1.82. The molecule has 0 aliphatic heterocycles. The number of furan rings is 2. The third-order valence-corrected chi connectivity index (χ3v) is 11.0. The number of hydrogen-bond donors (Lipinski definition) is 0. The minimum Gasteiger partial charge on any atom is -0.456 e. The largest absolute Gasteiger partial charge is 0.456 e. The lowest BCUT2D eigenvalue weighted by atomic mass is 10.0. The van der Waals surface area contributed by atoms with Crippen molar-refractivity contribution in [1.29, 1.82) is 0 Å². The van der Waals surface area contributed by atoms with Crippen molar-refractivity contribution >= 4 is 65.7 Å². The predicted octanol–water partition coefficient (Wildman–Crippen LogP) is 13.4. The maximum atomic E-state index is 6.88. The first-order valence-electron chi connectivity index (χ1n) is 19.0. The summed E-state index contributed by atoms with van der Waals surface area (Å²) in [7, 11) is 0. The molecule has 0 atom stereocenters. The summed E-state index contributed by atoms with van der Waals surface area (Å²) in [6, 6.07) is 62.7. The molecule has 0 aliphatic rings. The van der Waals surface area contributed by atoms with E-state index in [0.29, 0.717) is 17.5 Å². The van der Waals surface area contributed by atoms with E-state index in [0.717, 1.165) is 93.8 Å². The Morgan fingerprint density at radius 2 is 0.912 bits per heavy atom. The Morgan fingerprint density at radius 1 is 0.333 bits per heavy atom. The van der Waals surface area contributed by atoms with E-state index >= 15 is 0 Å². The van der Waals surface area contributed by atoms with E-state index in [-0.39, 0.29) is 0 Å². The highest BCUT2D eigenvalue weighted by Gasteiger charge is 2.21. The second kappa shape index (κ2) is 12.3. The third kappa shape index (κ3) is 5.01. The zero-order chi connectivity index (χ0) is 37.5. The van der Waals surface area contributed by atoms with Crippen LogP contribution in [-0.2, 0) is 0 Å². The van der Waals surface area contributed by atoms with Gasteiger partial charge in [0, 0.05) is 60.3 Å². The normalized spacial score (nSPS) is 11.9. The Hall–Kier alpha value is -7.83. The van der Waals surface area contributed by atoms with Crippen molar-refractivity contribution in [3.63, 3.8) is 0 Å². The number of fused-ring (bicyclic) bond motifs is 9. The summed E-state index contributed by atoms with van der Waals surface area (Å²) in [5, 5.41) is 6.55. The highest BCUT2D eigenvalue weighted by Crippen LogP contribution is 2.43. The minimum atomic E-state index is 0.581. The molecule has 0 bridgehead atoms. The van der Waals surface area contributed by atoms with Crippen molar-refractivity contribution in [3.05, 3.63) is 182 Å². The van der Waals surface area contributed by atoms with Crippen LogP contribution in [-0.4, -0.2) is 19.5 Å². The molecular weight excluding hydrogens is 701 g/mol. The van der Waals surface area contributed by atoms with Crippen LogP contribution in [0.2, 0.25) is 0 Å². The Morgan fingerprint density at radius 3 is 1.63 bits per heavy atom. The first kappa shape index (κ1) is 31.5. The molecule has 0 N–H and O–H groups in total. The van der Waals surface area contributed by atoms with Gasteiger partial charge in [0.05, 0.1) is 11.0 Å². The summed E-state index contributed by atoms with van der Waals surface area (Å²) in [6.07, 6.45) is 0. The molecule has 4 aromatic heterocycles. The molecule has 57 heavy (non-hydrogen) atoms. The maximum absolute atomic E-state index is 6.88. The maximum Gasteiger partial charge on any atom is 0.164 e. The molecule has 8 aromatic carbocycles. The predicted molar refractivity (Wildman–Crippen MR) is 230 cm³/mol. The Bertz CT molecular complexity index is 3450. The molecule has 4 heterocycles. The Balaban J connectivity index is 1.10. The van der Waals surface area contributed by atoms with Crippen molar-refractivity contribution in [2.45, 2.75) is 0 Å². The summed E-state index contributed by atoms with van der Waals surface area (Å²) in [5.41, 5.74) is 11.4. The minimum absolute atomic E-state index is 0.581. The van der Waals surface area contributed by atoms with Crippen molar-refractivity contribution < 1.29 is 8.83 Å². The number of para-hydroxylation sites is 2. The van der Waals surface area contributed by atoms with Crippen LogP contribution in [0.3, 0.4) is 0 Å². The lowest BCUT2D eigenvalue weighted by Gasteiger charge is -2.12. The summed E-state index contributed by atoms with van der Waals surface area (Å²) in [6.45, 7) is 0. The van der Waals surface area contributed by atoms with Gasteiger partial charge >= 0.3 is 0 Å². The fourth-order valence-corrected chi connectivity index (χ4v) is 8.37. The van der Waals surface area contributed by atoms with Gasteiger partial charge in [-0.15, -0.1) is 0 Å². The van der Waals surface area contributed by atoms with E-state index in [2.05, 4.69) is 108 Å². The van der Waals surface area contributed by atoms with Crippen LogP contribution < -0.4 is 0 Å². The first-order valence-corrected chi connectivity index (χ1v) is 19.0. The molecule has 12 rings (SSSR count). The van der Waals surface area contributed by atoms with Gasteiger partial charge in [0.2, 0.25) is 0 Å². The standard InChI is InChI=1S/C51H30N4O2/c1-4-14-31(15-5-1)39-27-35(55-43-22-12-10-20-36(43)40-30-47-41(29-44(40)55)37-21-11-13-23-45(37)56-47)28-42-38-25-24-34(26-46(38)57-48(39)42)51-53-49(32-16-6-2-7-17-32)52-50(54-51)33-18-8-3-9-19-33/h1-30H. The summed E-state index contributed by atoms with van der Waals surface area (Å²) < 4.78 is 15.6. The number of rotatable bonds is 5. The molecule has 0 fully saturated rings. The average molecular weight is 731 g/mol. The molecule has 0 aliphatic carbocycles. The zero-order valence-corrected chi connectivity index (χ0v) is 30.4. The van der Waals surface area contributed by atoms with Crippen LogP contribution in [0.4, 0.5) is 0 Å². The number of nitrogens with zero attached hydrogens (tertiary/aromatic N) is 4. The molecule has 0 radical (unpaired) electrons. The molecule has 0 spiro atoms. The second-order valence-corrected chi connectivity index (χ2v) is 14.4. The first-order chi connectivity index (χ1) is 28.2. The van der Waals surface area contributed by atoms with Crippen LogP contribution in [0.25, 0.3) is 117 Å². The summed E-state index contributed by atoms with van der Waals surface area (Å²) in [4.78, 5) is 14.9. The molecular formula is C51H30N4O2. The second-order valence-electron chi connectivity index (χ2n) is 14.4. The fourth-order valence-electron chi connectivity index (χ4n) is 8.37. The summed E-state index contributed by atoms with van der Waals surface area (Å²) >= 11 is 0. The number of aromatic nitrogens is 4. The van der Waals surface area contributed by atoms with Gasteiger partial charge in [0.25, 0.3) is 0 Å². The van der Waals surface area contributed by atoms with Gasteiger partial charge in [0.1, 0.15) is 22.3 Å². The molecule has 0 saturated carbocycles. The van der Waals surface area contributed by atoms with Crippen LogP contribution in [0.15, 0.2) is 191 Å². The van der Waals surface area contributed by atoms with Crippen molar-refractivity contribution in [1.82, 2.24) is 19.5 Å². The molecule has 12 aromatic rings. The van der Waals surface area contributed by atoms with E-state index in [1.165, 1.54) is 5.39 Å². The van der Waals surface area contributed by atoms with E-state index in [1.54, 1.807) is 0 Å². The van der Waals surface area contributed by atoms with Crippen LogP contribution in [0.5, 0.6) is 0 Å². The Labute approximate surface area is 325 Å². The number of benzene rings is 8. The topological polar surface area (TPSA) is 69.9 Å². The van der Waals surface area contributed by atoms with Gasteiger partial charge in [-0.1, -0.05) is 133 Å². The van der Waals surface area contributed by atoms with Crippen LogP contribution >= 0.6 is 0 Å². The molecule has 6 nitrogen and oxygen atoms in total. The average Bonchev–Trinajstić information content (AvgIpc) is 3.94. The van der Waals surface area contributed by atoms with E-state index in [4.69, 9.17) is 23.8 Å². The van der Waals surface area contributed by atoms with Gasteiger partial charge in [-0.05, 0) is 54.1 Å². The molecule has 0 saturated heterocycles.